The minimum absolute atomic E-state index is 0.0518. The molecule has 0 atom stereocenters. The Morgan fingerprint density at radius 3 is 2.26 bits per heavy atom. The number of rotatable bonds is 3. The molecule has 0 bridgehead atoms. The van der Waals surface area contributed by atoms with Gasteiger partial charge in [0.05, 0.1) is 0 Å². The monoisotopic (exact) mass is 370 g/mol. The maximum absolute atomic E-state index is 14.9. The van der Waals surface area contributed by atoms with E-state index >= 15 is 0 Å². The smallest absolute Gasteiger partial charge is 0.133 e. The second-order valence-electron chi connectivity index (χ2n) is 8.01. The van der Waals surface area contributed by atoms with Gasteiger partial charge in [0, 0.05) is 5.56 Å². The van der Waals surface area contributed by atoms with Crippen LogP contribution < -0.4 is 0 Å². The highest BCUT2D eigenvalue weighted by atomic mass is 19.1. The Balaban J connectivity index is 1.59. The fraction of sp³-hybridized carbons (Fsp3) is 0.417. The summed E-state index contributed by atoms with van der Waals surface area (Å²) in [4.78, 5) is 0. The van der Waals surface area contributed by atoms with Crippen molar-refractivity contribution in [3.63, 3.8) is 0 Å². The molecule has 0 unspecified atom stereocenters. The summed E-state index contributed by atoms with van der Waals surface area (Å²) in [5.41, 5.74) is 3.28. The van der Waals surface area contributed by atoms with E-state index in [1.54, 1.807) is 6.07 Å². The summed E-state index contributed by atoms with van der Waals surface area (Å²) in [5.74, 6) is -0.291. The Labute approximate surface area is 159 Å². The molecule has 0 aliphatic heterocycles. The average Bonchev–Trinajstić information content (AvgIpc) is 2.67. The molecule has 1 fully saturated rings. The van der Waals surface area contributed by atoms with Crippen molar-refractivity contribution in [1.29, 1.82) is 0 Å². The van der Waals surface area contributed by atoms with Crippen LogP contribution in [0.25, 0.3) is 5.57 Å². The van der Waals surface area contributed by atoms with E-state index in [1.807, 2.05) is 6.08 Å². The molecule has 27 heavy (non-hydrogen) atoms. The molecule has 0 heterocycles. The Morgan fingerprint density at radius 2 is 1.59 bits per heavy atom. The number of fused-ring (bicyclic) bond motifs is 1. The lowest BCUT2D eigenvalue weighted by Crippen LogP contribution is -2.14. The molecule has 1 saturated carbocycles. The standard InChI is InChI=1S/C24H25F3/c1-2-15-3-5-16(6-4-15)20-13-22(26)24(23(27)14-20)18-8-7-17-9-10-21(25)12-19(17)11-18/h8-10,12-16H,2-7,11H2,1H3. The van der Waals surface area contributed by atoms with Crippen molar-refractivity contribution in [3.8, 4) is 0 Å². The number of hydrogen-bond donors (Lipinski definition) is 0. The molecular weight excluding hydrogens is 345 g/mol. The number of hydrogen-bond acceptors (Lipinski definition) is 0. The highest BCUT2D eigenvalue weighted by molar-refractivity contribution is 5.71. The number of allylic oxidation sites excluding steroid dienone is 2. The Hall–Kier alpha value is -2.03. The van der Waals surface area contributed by atoms with Gasteiger partial charge in [-0.2, -0.15) is 0 Å². The predicted octanol–water partition coefficient (Wildman–Crippen LogP) is 6.97. The van der Waals surface area contributed by atoms with Crippen molar-refractivity contribution < 1.29 is 13.2 Å². The van der Waals surface area contributed by atoms with Crippen molar-refractivity contribution in [2.45, 2.75) is 57.8 Å². The molecule has 3 heteroatoms. The first-order valence-corrected chi connectivity index (χ1v) is 10.0. The molecule has 0 saturated heterocycles. The van der Waals surface area contributed by atoms with Gasteiger partial charge in [-0.3, -0.25) is 0 Å². The lowest BCUT2D eigenvalue weighted by Gasteiger charge is -2.28. The Morgan fingerprint density at radius 1 is 0.889 bits per heavy atom. The third-order valence-corrected chi connectivity index (χ3v) is 6.40. The van der Waals surface area contributed by atoms with E-state index in [0.29, 0.717) is 18.4 Å². The van der Waals surface area contributed by atoms with Crippen LogP contribution in [0.5, 0.6) is 0 Å². The molecule has 142 valence electrons. The van der Waals surface area contributed by atoms with Crippen LogP contribution in [0.2, 0.25) is 0 Å². The molecule has 0 nitrogen and oxygen atoms in total. The van der Waals surface area contributed by atoms with Gasteiger partial charge in [0.1, 0.15) is 17.5 Å². The molecule has 0 amide bonds. The Bertz CT molecular complexity index is 850. The van der Waals surface area contributed by atoms with Crippen molar-refractivity contribution in [2.75, 3.05) is 0 Å². The minimum atomic E-state index is -0.492. The van der Waals surface area contributed by atoms with Crippen LogP contribution in [0.15, 0.2) is 36.4 Å². The zero-order valence-corrected chi connectivity index (χ0v) is 15.7. The molecule has 2 aliphatic rings. The van der Waals surface area contributed by atoms with Crippen LogP contribution >= 0.6 is 0 Å². The van der Waals surface area contributed by atoms with Gasteiger partial charge in [-0.1, -0.05) is 25.5 Å². The van der Waals surface area contributed by atoms with Crippen LogP contribution in [-0.4, -0.2) is 0 Å². The topological polar surface area (TPSA) is 0 Å². The van der Waals surface area contributed by atoms with Gasteiger partial charge in [-0.05, 0) is 96.9 Å². The van der Waals surface area contributed by atoms with Gasteiger partial charge in [-0.25, -0.2) is 13.2 Å². The van der Waals surface area contributed by atoms with Crippen LogP contribution in [0.1, 0.15) is 67.2 Å². The zero-order chi connectivity index (χ0) is 19.0. The Kier molecular flexibility index (Phi) is 5.12. The van der Waals surface area contributed by atoms with Gasteiger partial charge in [-0.15, -0.1) is 0 Å². The van der Waals surface area contributed by atoms with E-state index in [9.17, 15) is 13.2 Å². The first-order valence-electron chi connectivity index (χ1n) is 10.0. The summed E-state index contributed by atoms with van der Waals surface area (Å²) in [6.45, 7) is 2.21. The molecule has 4 rings (SSSR count). The molecular formula is C24H25F3. The summed E-state index contributed by atoms with van der Waals surface area (Å²) in [6, 6.07) is 7.70. The van der Waals surface area contributed by atoms with E-state index in [0.717, 1.165) is 48.3 Å². The summed E-state index contributed by atoms with van der Waals surface area (Å²) in [5, 5.41) is 0. The molecule has 0 N–H and O–H groups in total. The highest BCUT2D eigenvalue weighted by Gasteiger charge is 2.25. The lowest BCUT2D eigenvalue weighted by molar-refractivity contribution is 0.318. The van der Waals surface area contributed by atoms with E-state index in [-0.39, 0.29) is 17.3 Å². The number of halogens is 3. The van der Waals surface area contributed by atoms with Crippen LogP contribution in [0.3, 0.4) is 0 Å². The van der Waals surface area contributed by atoms with Gasteiger partial charge in [0.15, 0.2) is 0 Å². The van der Waals surface area contributed by atoms with E-state index in [4.69, 9.17) is 0 Å². The van der Waals surface area contributed by atoms with Crippen LogP contribution in [-0.2, 0) is 12.8 Å². The zero-order valence-electron chi connectivity index (χ0n) is 15.7. The highest BCUT2D eigenvalue weighted by Crippen LogP contribution is 2.39. The van der Waals surface area contributed by atoms with Crippen molar-refractivity contribution in [3.05, 3.63) is 76.1 Å². The second kappa shape index (κ2) is 7.53. The second-order valence-corrected chi connectivity index (χ2v) is 8.01. The van der Waals surface area contributed by atoms with Crippen LogP contribution in [0, 0.1) is 23.4 Å². The fourth-order valence-corrected chi connectivity index (χ4v) is 4.70. The quantitative estimate of drug-likeness (QED) is 0.547. The minimum Gasteiger partial charge on any atom is -0.207 e. The van der Waals surface area contributed by atoms with Crippen molar-refractivity contribution in [1.82, 2.24) is 0 Å². The third kappa shape index (κ3) is 3.69. The number of benzene rings is 2. The normalized spacial score (nSPS) is 22.3. The van der Waals surface area contributed by atoms with Crippen LogP contribution in [0.4, 0.5) is 13.2 Å². The largest absolute Gasteiger partial charge is 0.207 e. The van der Waals surface area contributed by atoms with Gasteiger partial charge in [0.25, 0.3) is 0 Å². The SMILES string of the molecule is CCC1CCC(c2cc(F)c(C3=CCc4ccc(F)cc4C3)c(F)c2)CC1. The molecule has 2 aromatic carbocycles. The summed E-state index contributed by atoms with van der Waals surface area (Å²) in [6.07, 6.45) is 8.28. The molecule has 0 spiro atoms. The van der Waals surface area contributed by atoms with Gasteiger partial charge < -0.3 is 0 Å². The van der Waals surface area contributed by atoms with Gasteiger partial charge in [0.2, 0.25) is 0 Å². The average molecular weight is 370 g/mol. The van der Waals surface area contributed by atoms with E-state index in [2.05, 4.69) is 6.92 Å². The summed E-state index contributed by atoms with van der Waals surface area (Å²) in [7, 11) is 0. The first kappa shape index (κ1) is 18.3. The van der Waals surface area contributed by atoms with E-state index in [1.165, 1.54) is 30.7 Å². The van der Waals surface area contributed by atoms with E-state index < -0.39 is 11.6 Å². The molecule has 2 aromatic rings. The van der Waals surface area contributed by atoms with Crippen molar-refractivity contribution >= 4 is 5.57 Å². The third-order valence-electron chi connectivity index (χ3n) is 6.40. The molecule has 0 aromatic heterocycles. The maximum atomic E-state index is 14.9. The lowest BCUT2D eigenvalue weighted by atomic mass is 9.77. The maximum Gasteiger partial charge on any atom is 0.133 e. The summed E-state index contributed by atoms with van der Waals surface area (Å²) < 4.78 is 43.3. The molecule has 0 radical (unpaired) electrons. The first-order chi connectivity index (χ1) is 13.0. The van der Waals surface area contributed by atoms with Crippen molar-refractivity contribution in [2.24, 2.45) is 5.92 Å². The summed E-state index contributed by atoms with van der Waals surface area (Å²) >= 11 is 0. The van der Waals surface area contributed by atoms with Gasteiger partial charge >= 0.3 is 0 Å². The predicted molar refractivity (Wildman–Crippen MR) is 103 cm³/mol. The fourth-order valence-electron chi connectivity index (χ4n) is 4.70. The molecule has 2 aliphatic carbocycles.